The second kappa shape index (κ2) is 8.80. The standard InChI is InChI=1S/C22H21NO3S2/c24-21-20(28-22(27)23-21)13-15-5-9-17(10-6-15)25-14-16-7-11-19(12-8-16)26-18-3-1-2-4-18/h5-13,18H,1-4,14H2,(H,23,24,27)/b20-13-. The van der Waals surface area contributed by atoms with E-state index in [1.54, 1.807) is 0 Å². The minimum atomic E-state index is -0.143. The summed E-state index contributed by atoms with van der Waals surface area (Å²) in [6.45, 7) is 0.497. The van der Waals surface area contributed by atoms with Crippen LogP contribution in [0.1, 0.15) is 36.8 Å². The maximum absolute atomic E-state index is 11.7. The van der Waals surface area contributed by atoms with Gasteiger partial charge in [0.2, 0.25) is 0 Å². The quantitative estimate of drug-likeness (QED) is 0.531. The zero-order valence-electron chi connectivity index (χ0n) is 15.4. The van der Waals surface area contributed by atoms with Crippen LogP contribution in [0.3, 0.4) is 0 Å². The first-order chi connectivity index (χ1) is 13.7. The molecule has 2 aromatic carbocycles. The summed E-state index contributed by atoms with van der Waals surface area (Å²) >= 11 is 6.28. The molecule has 0 unspecified atom stereocenters. The molecule has 2 aromatic rings. The number of benzene rings is 2. The Bertz CT molecular complexity index is 885. The van der Waals surface area contributed by atoms with Crippen LogP contribution in [0.4, 0.5) is 0 Å². The normalized spacial score (nSPS) is 18.5. The van der Waals surface area contributed by atoms with E-state index in [9.17, 15) is 4.79 Å². The van der Waals surface area contributed by atoms with Crippen molar-refractivity contribution in [2.75, 3.05) is 0 Å². The average molecular weight is 412 g/mol. The van der Waals surface area contributed by atoms with Gasteiger partial charge in [-0.1, -0.05) is 48.2 Å². The Morgan fingerprint density at radius 1 is 1.04 bits per heavy atom. The van der Waals surface area contributed by atoms with Crippen LogP contribution in [0.2, 0.25) is 0 Å². The van der Waals surface area contributed by atoms with E-state index < -0.39 is 0 Å². The Kier molecular flexibility index (Phi) is 5.98. The number of carbonyl (C=O) groups excluding carboxylic acids is 1. The van der Waals surface area contributed by atoms with E-state index >= 15 is 0 Å². The third kappa shape index (κ3) is 4.94. The summed E-state index contributed by atoms with van der Waals surface area (Å²) < 4.78 is 12.3. The number of nitrogens with one attached hydrogen (secondary N) is 1. The van der Waals surface area contributed by atoms with Gasteiger partial charge >= 0.3 is 0 Å². The van der Waals surface area contributed by atoms with Gasteiger partial charge in [0.25, 0.3) is 5.91 Å². The number of carbonyl (C=O) groups is 1. The number of rotatable bonds is 6. The van der Waals surface area contributed by atoms with Gasteiger partial charge in [-0.05, 0) is 67.2 Å². The molecule has 28 heavy (non-hydrogen) atoms. The number of thiocarbonyl (C=S) groups is 1. The lowest BCUT2D eigenvalue weighted by Crippen LogP contribution is -2.17. The zero-order chi connectivity index (χ0) is 19.3. The second-order valence-corrected chi connectivity index (χ2v) is 8.60. The first-order valence-electron chi connectivity index (χ1n) is 9.39. The maximum Gasteiger partial charge on any atom is 0.263 e. The highest BCUT2D eigenvalue weighted by atomic mass is 32.2. The number of hydrogen-bond donors (Lipinski definition) is 1. The van der Waals surface area contributed by atoms with Crippen LogP contribution in [0.5, 0.6) is 11.5 Å². The highest BCUT2D eigenvalue weighted by molar-refractivity contribution is 8.26. The lowest BCUT2D eigenvalue weighted by Gasteiger charge is -2.13. The molecule has 1 aliphatic carbocycles. The third-order valence-electron chi connectivity index (χ3n) is 4.75. The van der Waals surface area contributed by atoms with Crippen LogP contribution in [0, 0.1) is 0 Å². The molecule has 0 radical (unpaired) electrons. The molecule has 1 saturated carbocycles. The minimum absolute atomic E-state index is 0.143. The summed E-state index contributed by atoms with van der Waals surface area (Å²) in [5.41, 5.74) is 2.03. The Morgan fingerprint density at radius 3 is 2.36 bits per heavy atom. The van der Waals surface area contributed by atoms with Crippen LogP contribution in [0.15, 0.2) is 53.4 Å². The van der Waals surface area contributed by atoms with Gasteiger partial charge in [0.1, 0.15) is 22.4 Å². The predicted molar refractivity (Wildman–Crippen MR) is 116 cm³/mol. The molecule has 0 atom stereocenters. The monoisotopic (exact) mass is 411 g/mol. The van der Waals surface area contributed by atoms with E-state index in [0.29, 0.717) is 21.9 Å². The molecular weight excluding hydrogens is 390 g/mol. The van der Waals surface area contributed by atoms with Crippen LogP contribution in [-0.2, 0) is 11.4 Å². The predicted octanol–water partition coefficient (Wildman–Crippen LogP) is 5.08. The van der Waals surface area contributed by atoms with E-state index in [0.717, 1.165) is 35.5 Å². The third-order valence-corrected chi connectivity index (χ3v) is 5.92. The molecule has 0 bridgehead atoms. The Hall–Kier alpha value is -2.31. The van der Waals surface area contributed by atoms with Gasteiger partial charge in [0.05, 0.1) is 11.0 Å². The number of hydrogen-bond acceptors (Lipinski definition) is 5. The summed E-state index contributed by atoms with van der Waals surface area (Å²) in [6.07, 6.45) is 7.06. The Labute approximate surface area is 174 Å². The van der Waals surface area contributed by atoms with E-state index in [1.807, 2.05) is 54.6 Å². The van der Waals surface area contributed by atoms with E-state index in [1.165, 1.54) is 24.6 Å². The second-order valence-electron chi connectivity index (χ2n) is 6.88. The zero-order valence-corrected chi connectivity index (χ0v) is 17.0. The number of amides is 1. The summed E-state index contributed by atoms with van der Waals surface area (Å²) in [6, 6.07) is 15.8. The molecular formula is C22H21NO3S2. The van der Waals surface area contributed by atoms with Gasteiger partial charge in [-0.3, -0.25) is 4.79 Å². The van der Waals surface area contributed by atoms with Gasteiger partial charge < -0.3 is 14.8 Å². The lowest BCUT2D eigenvalue weighted by atomic mass is 10.2. The van der Waals surface area contributed by atoms with Crippen molar-refractivity contribution in [3.8, 4) is 11.5 Å². The molecule has 144 valence electrons. The molecule has 2 fully saturated rings. The van der Waals surface area contributed by atoms with Crippen molar-refractivity contribution in [3.05, 3.63) is 64.6 Å². The SMILES string of the molecule is O=C1NC(=S)S/C1=C\c1ccc(OCc2ccc(OC3CCCC3)cc2)cc1. The molecule has 1 heterocycles. The van der Waals surface area contributed by atoms with Gasteiger partial charge in [0.15, 0.2) is 0 Å². The fraction of sp³-hybridized carbons (Fsp3) is 0.273. The molecule has 6 heteroatoms. The molecule has 1 saturated heterocycles. The van der Waals surface area contributed by atoms with Crippen LogP contribution in [-0.4, -0.2) is 16.3 Å². The van der Waals surface area contributed by atoms with Crippen molar-refractivity contribution in [1.82, 2.24) is 5.32 Å². The summed E-state index contributed by atoms with van der Waals surface area (Å²) in [5.74, 6) is 1.57. The first kappa shape index (κ1) is 19.0. The van der Waals surface area contributed by atoms with Gasteiger partial charge in [0, 0.05) is 0 Å². The van der Waals surface area contributed by atoms with Crippen molar-refractivity contribution in [2.24, 2.45) is 0 Å². The van der Waals surface area contributed by atoms with E-state index in [4.69, 9.17) is 21.7 Å². The van der Waals surface area contributed by atoms with Crippen LogP contribution >= 0.6 is 24.0 Å². The molecule has 0 spiro atoms. The van der Waals surface area contributed by atoms with Gasteiger partial charge in [-0.2, -0.15) is 0 Å². The summed E-state index contributed by atoms with van der Waals surface area (Å²) in [7, 11) is 0. The molecule has 2 aliphatic rings. The van der Waals surface area contributed by atoms with Crippen molar-refractivity contribution < 1.29 is 14.3 Å². The van der Waals surface area contributed by atoms with Crippen molar-refractivity contribution in [2.45, 2.75) is 38.4 Å². The largest absolute Gasteiger partial charge is 0.490 e. The fourth-order valence-electron chi connectivity index (χ4n) is 3.26. The molecule has 4 rings (SSSR count). The van der Waals surface area contributed by atoms with Crippen molar-refractivity contribution in [1.29, 1.82) is 0 Å². The average Bonchev–Trinajstić information content (AvgIpc) is 3.32. The lowest BCUT2D eigenvalue weighted by molar-refractivity contribution is -0.115. The number of ether oxygens (including phenoxy) is 2. The van der Waals surface area contributed by atoms with Gasteiger partial charge in [-0.25, -0.2) is 0 Å². The van der Waals surface area contributed by atoms with Gasteiger partial charge in [-0.15, -0.1) is 0 Å². The van der Waals surface area contributed by atoms with E-state index in [2.05, 4.69) is 5.32 Å². The van der Waals surface area contributed by atoms with Crippen LogP contribution < -0.4 is 14.8 Å². The Balaban J connectivity index is 1.30. The smallest absolute Gasteiger partial charge is 0.263 e. The molecule has 1 amide bonds. The van der Waals surface area contributed by atoms with Crippen LogP contribution in [0.25, 0.3) is 6.08 Å². The molecule has 1 aliphatic heterocycles. The van der Waals surface area contributed by atoms with E-state index in [-0.39, 0.29) is 5.91 Å². The molecule has 0 aromatic heterocycles. The Morgan fingerprint density at radius 2 is 1.71 bits per heavy atom. The number of thioether (sulfide) groups is 1. The van der Waals surface area contributed by atoms with Crippen molar-refractivity contribution >= 4 is 40.3 Å². The first-order valence-corrected chi connectivity index (χ1v) is 10.6. The highest BCUT2D eigenvalue weighted by Crippen LogP contribution is 2.27. The topological polar surface area (TPSA) is 47.6 Å². The fourth-order valence-corrected chi connectivity index (χ4v) is 4.31. The summed E-state index contributed by atoms with van der Waals surface area (Å²) in [4.78, 5) is 12.3. The molecule has 1 N–H and O–H groups in total. The minimum Gasteiger partial charge on any atom is -0.490 e. The highest BCUT2D eigenvalue weighted by Gasteiger charge is 2.21. The van der Waals surface area contributed by atoms with Crippen molar-refractivity contribution in [3.63, 3.8) is 0 Å². The maximum atomic E-state index is 11.7. The molecule has 4 nitrogen and oxygen atoms in total. The summed E-state index contributed by atoms with van der Waals surface area (Å²) in [5, 5.41) is 2.61.